The first-order valence-corrected chi connectivity index (χ1v) is 4.76. The average molecular weight is 194 g/mol. The van der Waals surface area contributed by atoms with Crippen molar-refractivity contribution in [3.8, 4) is 0 Å². The highest BCUT2D eigenvalue weighted by atomic mass is 32.3. The maximum absolute atomic E-state index is 11.9. The molecule has 0 aliphatic rings. The highest BCUT2D eigenvalue weighted by molar-refractivity contribution is 7.86. The zero-order valence-corrected chi connectivity index (χ0v) is 6.91. The van der Waals surface area contributed by atoms with Crippen LogP contribution in [0, 0.1) is 0 Å². The first-order chi connectivity index (χ1) is 5.58. The largest absolute Gasteiger partial charge is 0.302 e. The van der Waals surface area contributed by atoms with Gasteiger partial charge in [0.25, 0.3) is 0 Å². The molecule has 0 bridgehead atoms. The van der Waals surface area contributed by atoms with Gasteiger partial charge in [-0.25, -0.2) is 4.68 Å². The average Bonchev–Trinajstić information content (AvgIpc) is 2.36. The molecule has 0 saturated heterocycles. The number of tetrazole rings is 1. The zero-order chi connectivity index (χ0) is 9.03. The molecule has 12 heavy (non-hydrogen) atoms. The van der Waals surface area contributed by atoms with Crippen molar-refractivity contribution in [1.82, 2.24) is 20.2 Å². The minimum atomic E-state index is -4.36. The van der Waals surface area contributed by atoms with Crippen LogP contribution >= 0.6 is 0 Å². The molecular formula is C4H7FN4O2S. The SMILES string of the molecule is O=S(=O)(F)CCCn1cnnn1. The van der Waals surface area contributed by atoms with Crippen LogP contribution in [0.4, 0.5) is 3.89 Å². The summed E-state index contributed by atoms with van der Waals surface area (Å²) in [5.41, 5.74) is 0. The highest BCUT2D eigenvalue weighted by Gasteiger charge is 2.06. The first kappa shape index (κ1) is 9.04. The van der Waals surface area contributed by atoms with Crippen molar-refractivity contribution in [1.29, 1.82) is 0 Å². The van der Waals surface area contributed by atoms with Gasteiger partial charge in [0, 0.05) is 6.54 Å². The number of hydrogen-bond acceptors (Lipinski definition) is 5. The molecule has 1 rings (SSSR count). The summed E-state index contributed by atoms with van der Waals surface area (Å²) in [6.45, 7) is 0.302. The van der Waals surface area contributed by atoms with E-state index in [1.807, 2.05) is 0 Å². The molecule has 1 aromatic heterocycles. The Morgan fingerprint density at radius 3 is 2.75 bits per heavy atom. The summed E-state index contributed by atoms with van der Waals surface area (Å²) in [6, 6.07) is 0. The molecule has 0 saturated carbocycles. The van der Waals surface area contributed by atoms with Gasteiger partial charge in [-0.1, -0.05) is 0 Å². The van der Waals surface area contributed by atoms with Gasteiger partial charge in [-0.15, -0.1) is 8.98 Å². The fourth-order valence-electron chi connectivity index (χ4n) is 0.682. The summed E-state index contributed by atoms with van der Waals surface area (Å²) in [5, 5.41) is 10.1. The van der Waals surface area contributed by atoms with Gasteiger partial charge in [-0.05, 0) is 16.8 Å². The van der Waals surface area contributed by atoms with Gasteiger partial charge in [0.05, 0.1) is 5.75 Å². The molecule has 0 N–H and O–H groups in total. The van der Waals surface area contributed by atoms with Gasteiger partial charge in [0.15, 0.2) is 0 Å². The standard InChI is InChI=1S/C4H7FN4O2S/c5-12(10,11)3-1-2-9-4-6-7-8-9/h4H,1-3H2. The predicted octanol–water partition coefficient (Wildman–Crippen LogP) is -0.637. The molecule has 0 aliphatic heterocycles. The second kappa shape index (κ2) is 3.57. The van der Waals surface area contributed by atoms with Gasteiger partial charge in [-0.3, -0.25) is 0 Å². The lowest BCUT2D eigenvalue weighted by Gasteiger charge is -1.95. The lowest BCUT2D eigenvalue weighted by molar-refractivity contribution is 0.534. The van der Waals surface area contributed by atoms with Gasteiger partial charge in [0.1, 0.15) is 6.33 Å². The fraction of sp³-hybridized carbons (Fsp3) is 0.750. The molecule has 0 amide bonds. The number of aromatic nitrogens is 4. The van der Waals surface area contributed by atoms with Gasteiger partial charge in [0.2, 0.25) is 0 Å². The Morgan fingerprint density at radius 1 is 1.50 bits per heavy atom. The van der Waals surface area contributed by atoms with E-state index in [1.165, 1.54) is 11.0 Å². The molecule has 68 valence electrons. The number of nitrogens with zero attached hydrogens (tertiary/aromatic N) is 4. The molecule has 0 aromatic carbocycles. The normalized spacial score (nSPS) is 11.8. The van der Waals surface area contributed by atoms with Crippen molar-refractivity contribution >= 4 is 10.2 Å². The second-order valence-corrected chi connectivity index (χ2v) is 3.66. The Balaban J connectivity index is 2.29. The van der Waals surface area contributed by atoms with Crippen LogP contribution in [-0.2, 0) is 16.8 Å². The van der Waals surface area contributed by atoms with Crippen molar-refractivity contribution in [3.05, 3.63) is 6.33 Å². The number of aryl methyl sites for hydroxylation is 1. The molecule has 0 spiro atoms. The molecule has 8 heteroatoms. The molecule has 0 unspecified atom stereocenters. The van der Waals surface area contributed by atoms with Crippen molar-refractivity contribution in [3.63, 3.8) is 0 Å². The second-order valence-electron chi connectivity index (χ2n) is 2.17. The quantitative estimate of drug-likeness (QED) is 0.596. The van der Waals surface area contributed by atoms with E-state index in [4.69, 9.17) is 0 Å². The Hall–Kier alpha value is -1.05. The van der Waals surface area contributed by atoms with E-state index >= 15 is 0 Å². The lowest BCUT2D eigenvalue weighted by Crippen LogP contribution is -2.05. The Labute approximate surface area is 68.6 Å². The minimum Gasteiger partial charge on any atom is -0.232 e. The zero-order valence-electron chi connectivity index (χ0n) is 6.09. The molecular weight excluding hydrogens is 187 g/mol. The minimum absolute atomic E-state index is 0.171. The van der Waals surface area contributed by atoms with Crippen LogP contribution in [0.3, 0.4) is 0 Å². The van der Waals surface area contributed by atoms with Crippen LogP contribution in [0.5, 0.6) is 0 Å². The van der Waals surface area contributed by atoms with Crippen LogP contribution in [0.1, 0.15) is 6.42 Å². The first-order valence-electron chi connectivity index (χ1n) is 3.21. The van der Waals surface area contributed by atoms with E-state index in [0.29, 0.717) is 6.54 Å². The van der Waals surface area contributed by atoms with Crippen molar-refractivity contribution in [2.45, 2.75) is 13.0 Å². The molecule has 1 aromatic rings. The summed E-state index contributed by atoms with van der Waals surface area (Å²) in [5.74, 6) is -0.493. The number of hydrogen-bond donors (Lipinski definition) is 0. The van der Waals surface area contributed by atoms with Crippen molar-refractivity contribution in [2.24, 2.45) is 0 Å². The molecule has 0 atom stereocenters. The Morgan fingerprint density at radius 2 is 2.25 bits per heavy atom. The molecule has 0 radical (unpaired) electrons. The smallest absolute Gasteiger partial charge is 0.232 e. The Bertz CT molecular complexity index is 321. The summed E-state index contributed by atoms with van der Waals surface area (Å²) in [4.78, 5) is 0. The van der Waals surface area contributed by atoms with Crippen molar-refractivity contribution < 1.29 is 12.3 Å². The molecule has 1 heterocycles. The van der Waals surface area contributed by atoms with Gasteiger partial charge in [-0.2, -0.15) is 8.42 Å². The highest BCUT2D eigenvalue weighted by Crippen LogP contribution is 1.95. The summed E-state index contributed by atoms with van der Waals surface area (Å²) >= 11 is 0. The van der Waals surface area contributed by atoms with E-state index in [2.05, 4.69) is 15.5 Å². The van der Waals surface area contributed by atoms with E-state index in [-0.39, 0.29) is 6.42 Å². The molecule has 6 nitrogen and oxygen atoms in total. The van der Waals surface area contributed by atoms with Crippen LogP contribution in [0.15, 0.2) is 6.33 Å². The maximum atomic E-state index is 11.9. The van der Waals surface area contributed by atoms with Crippen LogP contribution in [0.25, 0.3) is 0 Å². The van der Waals surface area contributed by atoms with Crippen LogP contribution in [0.2, 0.25) is 0 Å². The third-order valence-electron chi connectivity index (χ3n) is 1.17. The van der Waals surface area contributed by atoms with Gasteiger partial charge < -0.3 is 0 Å². The maximum Gasteiger partial charge on any atom is 0.302 e. The third kappa shape index (κ3) is 3.37. The van der Waals surface area contributed by atoms with E-state index < -0.39 is 16.0 Å². The molecule has 0 fully saturated rings. The summed E-state index contributed by atoms with van der Waals surface area (Å²) in [7, 11) is -4.36. The molecule has 0 aliphatic carbocycles. The number of halogens is 1. The van der Waals surface area contributed by atoms with E-state index in [9.17, 15) is 12.3 Å². The fourth-order valence-corrected chi connectivity index (χ4v) is 1.16. The van der Waals surface area contributed by atoms with Crippen molar-refractivity contribution in [2.75, 3.05) is 5.75 Å². The summed E-state index contributed by atoms with van der Waals surface area (Å²) < 4.78 is 33.3. The predicted molar refractivity (Wildman–Crippen MR) is 37.3 cm³/mol. The third-order valence-corrected chi connectivity index (χ3v) is 1.94. The van der Waals surface area contributed by atoms with Crippen LogP contribution < -0.4 is 0 Å². The summed E-state index contributed by atoms with van der Waals surface area (Å²) in [6.07, 6.45) is 1.51. The topological polar surface area (TPSA) is 77.7 Å². The number of rotatable bonds is 4. The van der Waals surface area contributed by atoms with E-state index in [1.54, 1.807) is 0 Å². The van der Waals surface area contributed by atoms with Crippen LogP contribution in [-0.4, -0.2) is 34.4 Å². The van der Waals surface area contributed by atoms with Gasteiger partial charge >= 0.3 is 10.2 Å². The van der Waals surface area contributed by atoms with E-state index in [0.717, 1.165) is 0 Å². The Kier molecular flexibility index (Phi) is 2.69. The lowest BCUT2D eigenvalue weighted by atomic mass is 10.5. The monoisotopic (exact) mass is 194 g/mol.